The maximum Gasteiger partial charge on any atom is 0.253 e. The van der Waals surface area contributed by atoms with Crippen molar-refractivity contribution in [3.63, 3.8) is 0 Å². The van der Waals surface area contributed by atoms with Crippen molar-refractivity contribution in [2.24, 2.45) is 0 Å². The molecule has 0 radical (unpaired) electrons. The molecule has 0 saturated heterocycles. The fourth-order valence-corrected chi connectivity index (χ4v) is 3.06. The van der Waals surface area contributed by atoms with Crippen molar-refractivity contribution < 1.29 is 13.2 Å². The molecular weight excluding hydrogens is 371 g/mol. The first kappa shape index (κ1) is 18.6. The average molecular weight is 387 g/mol. The molecule has 5 nitrogen and oxygen atoms in total. The van der Waals surface area contributed by atoms with Gasteiger partial charge in [0.25, 0.3) is 5.91 Å². The summed E-state index contributed by atoms with van der Waals surface area (Å²) in [5, 5.41) is 0.859. The van der Waals surface area contributed by atoms with Gasteiger partial charge in [-0.25, -0.2) is 8.42 Å². The highest BCUT2D eigenvalue weighted by Gasteiger charge is 2.14. The molecule has 0 atom stereocenters. The third kappa shape index (κ3) is 4.87. The molecule has 1 amide bonds. The van der Waals surface area contributed by atoms with Gasteiger partial charge in [0, 0.05) is 24.8 Å². The monoisotopic (exact) mass is 386 g/mol. The van der Waals surface area contributed by atoms with Crippen LogP contribution in [0.1, 0.15) is 15.9 Å². The number of benzene rings is 2. The Labute approximate surface area is 151 Å². The van der Waals surface area contributed by atoms with Crippen molar-refractivity contribution in [3.05, 3.63) is 63.6 Å². The standard InChI is InChI=1S/C16H16Cl2N2O3S/c1-20(10-12-4-3-5-14(17)15(12)18)16(21)11-6-8-13(9-7-11)19-24(2,22)23/h3-9,19H,10H2,1-2H3. The molecule has 0 saturated carbocycles. The van der Waals surface area contributed by atoms with Gasteiger partial charge in [0.05, 0.1) is 16.3 Å². The normalized spacial score (nSPS) is 11.2. The smallest absolute Gasteiger partial charge is 0.253 e. The summed E-state index contributed by atoms with van der Waals surface area (Å²) < 4.78 is 24.7. The fraction of sp³-hybridized carbons (Fsp3) is 0.188. The van der Waals surface area contributed by atoms with Crippen molar-refractivity contribution >= 4 is 44.8 Å². The summed E-state index contributed by atoms with van der Waals surface area (Å²) in [7, 11) is -1.69. The van der Waals surface area contributed by atoms with E-state index in [9.17, 15) is 13.2 Å². The van der Waals surface area contributed by atoms with Crippen LogP contribution in [-0.4, -0.2) is 32.5 Å². The minimum absolute atomic E-state index is 0.211. The van der Waals surface area contributed by atoms with Crippen LogP contribution in [0.4, 0.5) is 5.69 Å². The number of amides is 1. The summed E-state index contributed by atoms with van der Waals surface area (Å²) in [5.41, 5.74) is 1.58. The molecule has 0 aromatic heterocycles. The van der Waals surface area contributed by atoms with Gasteiger partial charge in [0.2, 0.25) is 10.0 Å². The number of anilines is 1. The predicted molar refractivity (Wildman–Crippen MR) is 97.2 cm³/mol. The molecule has 0 unspecified atom stereocenters. The zero-order chi connectivity index (χ0) is 17.9. The Balaban J connectivity index is 2.12. The van der Waals surface area contributed by atoms with Gasteiger partial charge >= 0.3 is 0 Å². The molecular formula is C16H16Cl2N2O3S. The number of nitrogens with zero attached hydrogens (tertiary/aromatic N) is 1. The van der Waals surface area contributed by atoms with E-state index in [4.69, 9.17) is 23.2 Å². The Hall–Kier alpha value is -1.76. The van der Waals surface area contributed by atoms with Gasteiger partial charge in [-0.2, -0.15) is 0 Å². The van der Waals surface area contributed by atoms with E-state index in [-0.39, 0.29) is 5.91 Å². The van der Waals surface area contributed by atoms with Crippen molar-refractivity contribution in [1.82, 2.24) is 4.90 Å². The number of rotatable bonds is 5. The van der Waals surface area contributed by atoms with E-state index in [0.717, 1.165) is 11.8 Å². The topological polar surface area (TPSA) is 66.5 Å². The number of hydrogen-bond donors (Lipinski definition) is 1. The highest BCUT2D eigenvalue weighted by molar-refractivity contribution is 7.92. The summed E-state index contributed by atoms with van der Waals surface area (Å²) in [6.07, 6.45) is 1.06. The molecule has 2 rings (SSSR count). The zero-order valence-electron chi connectivity index (χ0n) is 13.1. The largest absolute Gasteiger partial charge is 0.337 e. The maximum absolute atomic E-state index is 12.5. The van der Waals surface area contributed by atoms with Gasteiger partial charge in [0.1, 0.15) is 0 Å². The van der Waals surface area contributed by atoms with Crippen LogP contribution in [-0.2, 0) is 16.6 Å². The van der Waals surface area contributed by atoms with Crippen molar-refractivity contribution in [3.8, 4) is 0 Å². The number of sulfonamides is 1. The van der Waals surface area contributed by atoms with Crippen molar-refractivity contribution in [2.45, 2.75) is 6.54 Å². The second-order valence-corrected chi connectivity index (χ2v) is 7.86. The molecule has 1 N–H and O–H groups in total. The molecule has 2 aromatic carbocycles. The Morgan fingerprint density at radius 3 is 2.33 bits per heavy atom. The number of halogens is 2. The Bertz CT molecular complexity index is 852. The second kappa shape index (κ2) is 7.42. The Kier molecular flexibility index (Phi) is 5.74. The third-order valence-corrected chi connectivity index (χ3v) is 4.69. The predicted octanol–water partition coefficient (Wildman–Crippen LogP) is 3.64. The molecule has 0 aliphatic carbocycles. The Morgan fingerprint density at radius 1 is 1.12 bits per heavy atom. The third-order valence-electron chi connectivity index (χ3n) is 3.22. The highest BCUT2D eigenvalue weighted by Crippen LogP contribution is 2.26. The van der Waals surface area contributed by atoms with Crippen molar-refractivity contribution in [2.75, 3.05) is 18.0 Å². The molecule has 128 valence electrons. The van der Waals surface area contributed by atoms with Gasteiger partial charge in [-0.15, -0.1) is 0 Å². The first-order valence-electron chi connectivity index (χ1n) is 6.93. The molecule has 8 heteroatoms. The fourth-order valence-electron chi connectivity index (χ4n) is 2.11. The minimum atomic E-state index is -3.35. The summed E-state index contributed by atoms with van der Waals surface area (Å²) in [6, 6.07) is 11.5. The summed E-state index contributed by atoms with van der Waals surface area (Å²) in [5.74, 6) is -0.211. The molecule has 0 aliphatic heterocycles. The lowest BCUT2D eigenvalue weighted by Gasteiger charge is -2.18. The molecule has 0 bridgehead atoms. The van der Waals surface area contributed by atoms with E-state index in [2.05, 4.69) is 4.72 Å². The number of carbonyl (C=O) groups is 1. The van der Waals surface area contributed by atoms with Crippen LogP contribution in [0, 0.1) is 0 Å². The van der Waals surface area contributed by atoms with E-state index < -0.39 is 10.0 Å². The van der Waals surface area contributed by atoms with E-state index in [1.165, 1.54) is 17.0 Å². The SMILES string of the molecule is CN(Cc1cccc(Cl)c1Cl)C(=O)c1ccc(NS(C)(=O)=O)cc1. The van der Waals surface area contributed by atoms with Crippen LogP contribution in [0.3, 0.4) is 0 Å². The molecule has 0 aliphatic rings. The number of carbonyl (C=O) groups excluding carboxylic acids is 1. The summed E-state index contributed by atoms with van der Waals surface area (Å²) in [6.45, 7) is 0.307. The highest BCUT2D eigenvalue weighted by atomic mass is 35.5. The number of nitrogens with one attached hydrogen (secondary N) is 1. The van der Waals surface area contributed by atoms with Crippen LogP contribution in [0.15, 0.2) is 42.5 Å². The second-order valence-electron chi connectivity index (χ2n) is 5.33. The zero-order valence-corrected chi connectivity index (χ0v) is 15.4. The van der Waals surface area contributed by atoms with Crippen LogP contribution in [0.25, 0.3) is 0 Å². The van der Waals surface area contributed by atoms with Crippen LogP contribution in [0.5, 0.6) is 0 Å². The van der Waals surface area contributed by atoms with Crippen molar-refractivity contribution in [1.29, 1.82) is 0 Å². The van der Waals surface area contributed by atoms with Gasteiger partial charge in [0.15, 0.2) is 0 Å². The summed E-state index contributed by atoms with van der Waals surface area (Å²) in [4.78, 5) is 14.0. The van der Waals surface area contributed by atoms with Crippen LogP contribution in [0.2, 0.25) is 10.0 Å². The average Bonchev–Trinajstić information content (AvgIpc) is 2.50. The molecule has 0 fully saturated rings. The van der Waals surface area contributed by atoms with Gasteiger partial charge in [-0.05, 0) is 35.9 Å². The quantitative estimate of drug-likeness (QED) is 0.852. The van der Waals surface area contributed by atoms with Gasteiger partial charge in [-0.3, -0.25) is 9.52 Å². The lowest BCUT2D eigenvalue weighted by Crippen LogP contribution is -2.26. The lowest BCUT2D eigenvalue weighted by atomic mass is 10.1. The van der Waals surface area contributed by atoms with E-state index >= 15 is 0 Å². The summed E-state index contributed by atoms with van der Waals surface area (Å²) >= 11 is 12.1. The Morgan fingerprint density at radius 2 is 1.75 bits per heavy atom. The first-order chi connectivity index (χ1) is 11.2. The molecule has 24 heavy (non-hydrogen) atoms. The van der Waals surface area contributed by atoms with E-state index in [0.29, 0.717) is 27.8 Å². The molecule has 0 heterocycles. The van der Waals surface area contributed by atoms with Crippen LogP contribution >= 0.6 is 23.2 Å². The number of hydrogen-bond acceptors (Lipinski definition) is 3. The molecule has 2 aromatic rings. The van der Waals surface area contributed by atoms with Crippen LogP contribution < -0.4 is 4.72 Å². The van der Waals surface area contributed by atoms with E-state index in [1.807, 2.05) is 0 Å². The minimum Gasteiger partial charge on any atom is -0.337 e. The van der Waals surface area contributed by atoms with E-state index in [1.54, 1.807) is 37.4 Å². The lowest BCUT2D eigenvalue weighted by molar-refractivity contribution is 0.0785. The first-order valence-corrected chi connectivity index (χ1v) is 9.58. The van der Waals surface area contributed by atoms with Gasteiger partial charge in [-0.1, -0.05) is 35.3 Å². The van der Waals surface area contributed by atoms with Gasteiger partial charge < -0.3 is 4.90 Å². The molecule has 0 spiro atoms. The maximum atomic E-state index is 12.5.